The summed E-state index contributed by atoms with van der Waals surface area (Å²) in [5.41, 5.74) is 1.91. The van der Waals surface area contributed by atoms with E-state index in [0.717, 1.165) is 12.0 Å². The minimum Gasteiger partial charge on any atom is -0.496 e. The SMILES string of the molecule is COc1ccccc1-c1nnc(SC(C)C(=O)NCCc2ccccc2)o1. The third kappa shape index (κ3) is 5.10. The molecule has 3 aromatic rings. The summed E-state index contributed by atoms with van der Waals surface area (Å²) in [7, 11) is 1.59. The molecule has 1 atom stereocenters. The Bertz CT molecular complexity index is 883. The Kier molecular flexibility index (Phi) is 6.49. The van der Waals surface area contributed by atoms with Gasteiger partial charge in [-0.25, -0.2) is 0 Å². The molecule has 0 fully saturated rings. The number of ether oxygens (including phenoxy) is 1. The van der Waals surface area contributed by atoms with Gasteiger partial charge in [0.15, 0.2) is 0 Å². The van der Waals surface area contributed by atoms with Crippen LogP contribution in [0.4, 0.5) is 0 Å². The monoisotopic (exact) mass is 383 g/mol. The van der Waals surface area contributed by atoms with E-state index >= 15 is 0 Å². The first-order valence-corrected chi connectivity index (χ1v) is 9.50. The fourth-order valence-electron chi connectivity index (χ4n) is 2.51. The molecule has 6 nitrogen and oxygen atoms in total. The summed E-state index contributed by atoms with van der Waals surface area (Å²) in [4.78, 5) is 12.3. The molecule has 0 saturated heterocycles. The summed E-state index contributed by atoms with van der Waals surface area (Å²) in [6, 6.07) is 17.5. The number of hydrogen-bond donors (Lipinski definition) is 1. The molecule has 0 bridgehead atoms. The lowest BCUT2D eigenvalue weighted by Crippen LogP contribution is -2.32. The van der Waals surface area contributed by atoms with Gasteiger partial charge in [0.25, 0.3) is 11.1 Å². The minimum absolute atomic E-state index is 0.0621. The largest absolute Gasteiger partial charge is 0.496 e. The van der Waals surface area contributed by atoms with Gasteiger partial charge in [-0.15, -0.1) is 10.2 Å². The van der Waals surface area contributed by atoms with Crippen LogP contribution in [0.5, 0.6) is 5.75 Å². The second-order valence-electron chi connectivity index (χ2n) is 5.86. The van der Waals surface area contributed by atoms with Gasteiger partial charge in [0, 0.05) is 6.54 Å². The van der Waals surface area contributed by atoms with Crippen molar-refractivity contribution in [2.24, 2.45) is 0 Å². The molecule has 27 heavy (non-hydrogen) atoms. The van der Waals surface area contributed by atoms with Gasteiger partial charge in [-0.2, -0.15) is 0 Å². The highest BCUT2D eigenvalue weighted by atomic mass is 32.2. The minimum atomic E-state index is -0.341. The van der Waals surface area contributed by atoms with Gasteiger partial charge in [0.1, 0.15) is 5.75 Å². The number of rotatable bonds is 8. The number of hydrogen-bond acceptors (Lipinski definition) is 6. The number of carbonyl (C=O) groups excluding carboxylic acids is 1. The number of carbonyl (C=O) groups is 1. The average molecular weight is 383 g/mol. The van der Waals surface area contributed by atoms with Crippen LogP contribution < -0.4 is 10.1 Å². The zero-order chi connectivity index (χ0) is 19.1. The number of para-hydroxylation sites is 1. The molecule has 1 aromatic heterocycles. The lowest BCUT2D eigenvalue weighted by molar-refractivity contribution is -0.120. The summed E-state index contributed by atoms with van der Waals surface area (Å²) < 4.78 is 11.0. The Morgan fingerprint density at radius 2 is 1.89 bits per heavy atom. The van der Waals surface area contributed by atoms with E-state index in [1.807, 2.05) is 61.5 Å². The number of aromatic nitrogens is 2. The van der Waals surface area contributed by atoms with Crippen LogP contribution in [-0.2, 0) is 11.2 Å². The topological polar surface area (TPSA) is 77.2 Å². The van der Waals surface area contributed by atoms with Gasteiger partial charge in [-0.05, 0) is 31.0 Å². The zero-order valence-corrected chi connectivity index (χ0v) is 16.0. The highest BCUT2D eigenvalue weighted by molar-refractivity contribution is 8.00. The molecule has 2 aromatic carbocycles. The molecule has 1 N–H and O–H groups in total. The van der Waals surface area contributed by atoms with E-state index in [9.17, 15) is 4.79 Å². The van der Waals surface area contributed by atoms with Crippen LogP contribution in [0, 0.1) is 0 Å². The van der Waals surface area contributed by atoms with E-state index in [0.29, 0.717) is 23.4 Å². The maximum atomic E-state index is 12.3. The van der Waals surface area contributed by atoms with Crippen molar-refractivity contribution in [1.82, 2.24) is 15.5 Å². The second-order valence-corrected chi connectivity index (χ2v) is 7.15. The molecule has 3 rings (SSSR count). The Morgan fingerprint density at radius 1 is 1.15 bits per heavy atom. The number of amides is 1. The van der Waals surface area contributed by atoms with Crippen molar-refractivity contribution in [3.63, 3.8) is 0 Å². The second kappa shape index (κ2) is 9.23. The van der Waals surface area contributed by atoms with Crippen LogP contribution in [0.25, 0.3) is 11.5 Å². The van der Waals surface area contributed by atoms with Gasteiger partial charge >= 0.3 is 0 Å². The molecule has 7 heteroatoms. The molecule has 1 heterocycles. The van der Waals surface area contributed by atoms with Crippen molar-refractivity contribution < 1.29 is 13.9 Å². The first kappa shape index (κ1) is 19.0. The fourth-order valence-corrected chi connectivity index (χ4v) is 3.22. The first-order chi connectivity index (χ1) is 13.2. The van der Waals surface area contributed by atoms with Crippen molar-refractivity contribution in [1.29, 1.82) is 0 Å². The average Bonchev–Trinajstić information content (AvgIpc) is 3.17. The quantitative estimate of drug-likeness (QED) is 0.599. The molecule has 0 radical (unpaired) electrons. The predicted molar refractivity (Wildman–Crippen MR) is 105 cm³/mol. The fraction of sp³-hybridized carbons (Fsp3) is 0.250. The lowest BCUT2D eigenvalue weighted by atomic mass is 10.1. The molecule has 0 spiro atoms. The van der Waals surface area contributed by atoms with E-state index < -0.39 is 0 Å². The standard InChI is InChI=1S/C20H21N3O3S/c1-14(18(24)21-13-12-15-8-4-3-5-9-15)27-20-23-22-19(26-20)16-10-6-7-11-17(16)25-2/h3-11,14H,12-13H2,1-2H3,(H,21,24). The van der Waals surface area contributed by atoms with Gasteiger partial charge in [0.2, 0.25) is 5.91 Å². The van der Waals surface area contributed by atoms with Crippen LogP contribution in [0.2, 0.25) is 0 Å². The van der Waals surface area contributed by atoms with Crippen LogP contribution in [-0.4, -0.2) is 35.0 Å². The summed E-state index contributed by atoms with van der Waals surface area (Å²) in [6.45, 7) is 2.40. The smallest absolute Gasteiger partial charge is 0.277 e. The van der Waals surface area contributed by atoms with Crippen LogP contribution in [0.1, 0.15) is 12.5 Å². The lowest BCUT2D eigenvalue weighted by Gasteiger charge is -2.09. The summed E-state index contributed by atoms with van der Waals surface area (Å²) in [6.07, 6.45) is 0.794. The van der Waals surface area contributed by atoms with Gasteiger partial charge in [0.05, 0.1) is 17.9 Å². The third-order valence-corrected chi connectivity index (χ3v) is 4.88. The molecule has 0 aliphatic rings. The number of thioether (sulfide) groups is 1. The molecule has 0 aliphatic heterocycles. The number of benzene rings is 2. The summed E-state index contributed by atoms with van der Waals surface area (Å²) in [5.74, 6) is 0.962. The highest BCUT2D eigenvalue weighted by Crippen LogP contribution is 2.31. The zero-order valence-electron chi connectivity index (χ0n) is 15.2. The molecule has 140 valence electrons. The van der Waals surface area contributed by atoms with Crippen LogP contribution >= 0.6 is 11.8 Å². The van der Waals surface area contributed by atoms with Gasteiger partial charge in [-0.1, -0.05) is 54.2 Å². The number of methoxy groups -OCH3 is 1. The Labute approximate surface area is 162 Å². The molecular formula is C20H21N3O3S. The van der Waals surface area contributed by atoms with Crippen LogP contribution in [0.15, 0.2) is 64.2 Å². The Hall–Kier alpha value is -2.80. The van der Waals surface area contributed by atoms with Crippen molar-refractivity contribution in [3.8, 4) is 17.2 Å². The number of nitrogens with zero attached hydrogens (tertiary/aromatic N) is 2. The predicted octanol–water partition coefficient (Wildman–Crippen LogP) is 3.58. The molecule has 1 amide bonds. The first-order valence-electron chi connectivity index (χ1n) is 8.62. The molecule has 0 aliphatic carbocycles. The maximum Gasteiger partial charge on any atom is 0.277 e. The van der Waals surface area contributed by atoms with Gasteiger partial charge in [-0.3, -0.25) is 4.79 Å². The van der Waals surface area contributed by atoms with Crippen molar-refractivity contribution in [2.75, 3.05) is 13.7 Å². The molecule has 1 unspecified atom stereocenters. The van der Waals surface area contributed by atoms with Crippen molar-refractivity contribution >= 4 is 17.7 Å². The maximum absolute atomic E-state index is 12.3. The Morgan fingerprint density at radius 3 is 2.67 bits per heavy atom. The number of nitrogens with one attached hydrogen (secondary N) is 1. The van der Waals surface area contributed by atoms with Crippen molar-refractivity contribution in [3.05, 3.63) is 60.2 Å². The van der Waals surface area contributed by atoms with E-state index in [-0.39, 0.29) is 11.2 Å². The van der Waals surface area contributed by atoms with E-state index in [1.165, 1.54) is 17.3 Å². The third-order valence-electron chi connectivity index (χ3n) is 3.95. The van der Waals surface area contributed by atoms with E-state index in [2.05, 4.69) is 15.5 Å². The van der Waals surface area contributed by atoms with E-state index in [1.54, 1.807) is 7.11 Å². The van der Waals surface area contributed by atoms with Crippen molar-refractivity contribution in [2.45, 2.75) is 23.8 Å². The molecule has 0 saturated carbocycles. The normalized spacial score (nSPS) is 11.8. The van der Waals surface area contributed by atoms with Crippen LogP contribution in [0.3, 0.4) is 0 Å². The Balaban J connectivity index is 1.54. The summed E-state index contributed by atoms with van der Waals surface area (Å²) >= 11 is 1.23. The highest BCUT2D eigenvalue weighted by Gasteiger charge is 2.19. The van der Waals surface area contributed by atoms with Gasteiger partial charge < -0.3 is 14.5 Å². The molecular weight excluding hydrogens is 362 g/mol. The summed E-state index contributed by atoms with van der Waals surface area (Å²) in [5, 5.41) is 11.0. The van der Waals surface area contributed by atoms with E-state index in [4.69, 9.17) is 9.15 Å².